The quantitative estimate of drug-likeness (QED) is 0.183. The molecule has 0 fully saturated rings. The van der Waals surface area contributed by atoms with Crippen LogP contribution in [0, 0.1) is 0 Å². The Morgan fingerprint density at radius 1 is 0.926 bits per heavy atom. The molecule has 5 N–H and O–H groups in total. The van der Waals surface area contributed by atoms with Gasteiger partial charge in [0.05, 0.1) is 24.4 Å². The number of unbranched alkanes of at least 4 members (excludes halogenated alkanes) is 5. The van der Waals surface area contributed by atoms with Crippen molar-refractivity contribution in [3.63, 3.8) is 0 Å². The number of aliphatic hydroxyl groups is 3. The van der Waals surface area contributed by atoms with Crippen LogP contribution < -0.4 is 0 Å². The van der Waals surface area contributed by atoms with Crippen LogP contribution in [0.25, 0.3) is 0 Å². The molecule has 0 aliphatic rings. The maximum Gasteiger partial charge on any atom is 0.334 e. The molecule has 8 heteroatoms. The SMILES string of the molecule is CCCCCCCCC(OC=C(C)C(=O)O)=C(C)C(=O)O.OCC(O)CO. The Morgan fingerprint density at radius 3 is 1.85 bits per heavy atom. The molecule has 0 atom stereocenters. The monoisotopic (exact) mass is 390 g/mol. The Kier molecular flexibility index (Phi) is 17.7. The highest BCUT2D eigenvalue weighted by molar-refractivity contribution is 5.87. The van der Waals surface area contributed by atoms with Gasteiger partial charge in [0.1, 0.15) is 18.1 Å². The van der Waals surface area contributed by atoms with E-state index in [2.05, 4.69) is 6.92 Å². The molecule has 158 valence electrons. The highest BCUT2D eigenvalue weighted by Gasteiger charge is 2.11. The average Bonchev–Trinajstić information content (AvgIpc) is 2.65. The van der Waals surface area contributed by atoms with Gasteiger partial charge in [0.2, 0.25) is 0 Å². The Bertz CT molecular complexity index is 478. The summed E-state index contributed by atoms with van der Waals surface area (Å²) in [5.41, 5.74) is 0.159. The summed E-state index contributed by atoms with van der Waals surface area (Å²) < 4.78 is 5.27. The van der Waals surface area contributed by atoms with Crippen molar-refractivity contribution in [2.45, 2.75) is 71.8 Å². The fourth-order valence-corrected chi connectivity index (χ4v) is 1.79. The van der Waals surface area contributed by atoms with Crippen LogP contribution in [0.1, 0.15) is 65.7 Å². The molecule has 0 rings (SSSR count). The maximum atomic E-state index is 11.0. The first-order valence-corrected chi connectivity index (χ1v) is 9.10. The van der Waals surface area contributed by atoms with Gasteiger partial charge in [-0.3, -0.25) is 0 Å². The molecule has 0 aromatic carbocycles. The summed E-state index contributed by atoms with van der Waals surface area (Å²) >= 11 is 0. The van der Waals surface area contributed by atoms with Gasteiger partial charge in [-0.15, -0.1) is 0 Å². The summed E-state index contributed by atoms with van der Waals surface area (Å²) in [5.74, 6) is -1.79. The van der Waals surface area contributed by atoms with E-state index in [0.29, 0.717) is 12.2 Å². The lowest BCUT2D eigenvalue weighted by Crippen LogP contribution is -2.15. The van der Waals surface area contributed by atoms with Gasteiger partial charge in [0, 0.05) is 6.42 Å². The first kappa shape index (κ1) is 27.3. The van der Waals surface area contributed by atoms with Gasteiger partial charge in [0.25, 0.3) is 0 Å². The summed E-state index contributed by atoms with van der Waals surface area (Å²) in [6.07, 6.45) is 7.22. The summed E-state index contributed by atoms with van der Waals surface area (Å²) in [6.45, 7) is 4.30. The molecule has 8 nitrogen and oxygen atoms in total. The van der Waals surface area contributed by atoms with Crippen LogP contribution in [-0.4, -0.2) is 56.8 Å². The van der Waals surface area contributed by atoms with E-state index in [1.807, 2.05) is 0 Å². The van der Waals surface area contributed by atoms with Crippen LogP contribution in [0.15, 0.2) is 23.2 Å². The number of aliphatic carboxylic acids is 2. The van der Waals surface area contributed by atoms with Crippen molar-refractivity contribution < 1.29 is 39.9 Å². The minimum absolute atomic E-state index is 0.0358. The first-order valence-electron chi connectivity index (χ1n) is 9.10. The molecule has 0 saturated heterocycles. The van der Waals surface area contributed by atoms with E-state index >= 15 is 0 Å². The molecular formula is C19H34O8. The van der Waals surface area contributed by atoms with Gasteiger partial charge in [-0.05, 0) is 20.3 Å². The standard InChI is InChI=1S/C16H26O5.C3H8O3/c1-4-5-6-7-8-9-10-14(13(3)16(19)20)21-11-12(2)15(17)18;4-1-3(6)2-5/h11H,4-10H2,1-3H3,(H,17,18)(H,19,20);3-6H,1-2H2. The van der Waals surface area contributed by atoms with Gasteiger partial charge >= 0.3 is 11.9 Å². The van der Waals surface area contributed by atoms with Crippen molar-refractivity contribution in [1.29, 1.82) is 0 Å². The fourth-order valence-electron chi connectivity index (χ4n) is 1.79. The molecule has 0 saturated carbocycles. The van der Waals surface area contributed by atoms with Crippen LogP contribution in [0.2, 0.25) is 0 Å². The molecule has 0 aromatic heterocycles. The minimum Gasteiger partial charge on any atom is -0.478 e. The lowest BCUT2D eigenvalue weighted by Gasteiger charge is -2.09. The molecule has 0 aliphatic carbocycles. The van der Waals surface area contributed by atoms with Gasteiger partial charge in [-0.1, -0.05) is 39.0 Å². The van der Waals surface area contributed by atoms with Crippen LogP contribution in [0.3, 0.4) is 0 Å². The Hall–Kier alpha value is -1.90. The number of rotatable bonds is 13. The number of carboxylic acids is 2. The molecule has 27 heavy (non-hydrogen) atoms. The van der Waals surface area contributed by atoms with E-state index in [-0.39, 0.29) is 24.4 Å². The fraction of sp³-hybridized carbons (Fsp3) is 0.684. The number of allylic oxidation sites excluding steroid dienone is 1. The van der Waals surface area contributed by atoms with Crippen LogP contribution in [0.5, 0.6) is 0 Å². The van der Waals surface area contributed by atoms with Crippen molar-refractivity contribution in [1.82, 2.24) is 0 Å². The summed E-state index contributed by atoms with van der Waals surface area (Å²) in [4.78, 5) is 21.7. The van der Waals surface area contributed by atoms with E-state index in [4.69, 9.17) is 30.3 Å². The van der Waals surface area contributed by atoms with Gasteiger partial charge in [-0.25, -0.2) is 9.59 Å². The highest BCUT2D eigenvalue weighted by atomic mass is 16.5. The third kappa shape index (κ3) is 16.0. The zero-order valence-electron chi connectivity index (χ0n) is 16.5. The molecule has 0 unspecified atom stereocenters. The third-order valence-electron chi connectivity index (χ3n) is 3.63. The molecule has 0 spiro atoms. The Morgan fingerprint density at radius 2 is 1.44 bits per heavy atom. The summed E-state index contributed by atoms with van der Waals surface area (Å²) in [5, 5.41) is 41.8. The average molecular weight is 390 g/mol. The molecule has 0 heterocycles. The Labute approximate surface area is 160 Å². The summed E-state index contributed by atoms with van der Waals surface area (Å²) in [7, 11) is 0. The Balaban J connectivity index is 0. The molecular weight excluding hydrogens is 356 g/mol. The smallest absolute Gasteiger partial charge is 0.334 e. The largest absolute Gasteiger partial charge is 0.478 e. The first-order chi connectivity index (χ1) is 12.7. The zero-order chi connectivity index (χ0) is 21.2. The van der Waals surface area contributed by atoms with E-state index in [1.54, 1.807) is 0 Å². The predicted octanol–water partition coefficient (Wildman–Crippen LogP) is 2.43. The van der Waals surface area contributed by atoms with E-state index in [0.717, 1.165) is 25.5 Å². The van der Waals surface area contributed by atoms with Gasteiger partial charge in [-0.2, -0.15) is 0 Å². The second-order valence-electron chi connectivity index (χ2n) is 6.11. The molecule has 0 amide bonds. The number of hydrogen-bond acceptors (Lipinski definition) is 6. The minimum atomic E-state index is -1.08. The van der Waals surface area contributed by atoms with Crippen LogP contribution in [0.4, 0.5) is 0 Å². The van der Waals surface area contributed by atoms with Gasteiger partial charge in [0.15, 0.2) is 0 Å². The van der Waals surface area contributed by atoms with E-state index in [1.165, 1.54) is 33.1 Å². The number of carbonyl (C=O) groups is 2. The lowest BCUT2D eigenvalue weighted by atomic mass is 10.1. The second-order valence-corrected chi connectivity index (χ2v) is 6.11. The number of ether oxygens (including phenoxy) is 1. The normalized spacial score (nSPS) is 12.2. The second kappa shape index (κ2) is 17.5. The molecule has 0 aromatic rings. The van der Waals surface area contributed by atoms with E-state index < -0.39 is 18.0 Å². The lowest BCUT2D eigenvalue weighted by molar-refractivity contribution is -0.133. The van der Waals surface area contributed by atoms with Crippen molar-refractivity contribution >= 4 is 11.9 Å². The molecule has 0 radical (unpaired) electrons. The number of carboxylic acid groups (broad SMARTS) is 2. The maximum absolute atomic E-state index is 11.0. The highest BCUT2D eigenvalue weighted by Crippen LogP contribution is 2.17. The van der Waals surface area contributed by atoms with Crippen LogP contribution in [-0.2, 0) is 14.3 Å². The van der Waals surface area contributed by atoms with Crippen molar-refractivity contribution in [2.24, 2.45) is 0 Å². The zero-order valence-corrected chi connectivity index (χ0v) is 16.5. The topological polar surface area (TPSA) is 145 Å². The number of hydrogen-bond donors (Lipinski definition) is 5. The van der Waals surface area contributed by atoms with Crippen molar-refractivity contribution in [2.75, 3.05) is 13.2 Å². The van der Waals surface area contributed by atoms with Crippen molar-refractivity contribution in [3.05, 3.63) is 23.2 Å². The third-order valence-corrected chi connectivity index (χ3v) is 3.63. The molecule has 0 aliphatic heterocycles. The predicted molar refractivity (Wildman–Crippen MR) is 101 cm³/mol. The number of aliphatic hydroxyl groups excluding tert-OH is 3. The molecule has 0 bridgehead atoms. The van der Waals surface area contributed by atoms with E-state index in [9.17, 15) is 9.59 Å². The van der Waals surface area contributed by atoms with Crippen LogP contribution >= 0.6 is 0 Å². The summed E-state index contributed by atoms with van der Waals surface area (Å²) in [6, 6.07) is 0. The van der Waals surface area contributed by atoms with Gasteiger partial charge < -0.3 is 30.3 Å². The van der Waals surface area contributed by atoms with Crippen molar-refractivity contribution in [3.8, 4) is 0 Å².